The Bertz CT molecular complexity index is 724. The molecule has 1 aromatic carbocycles. The van der Waals surface area contributed by atoms with Crippen LogP contribution in [0.4, 0.5) is 5.69 Å². The smallest absolute Gasteiger partial charge is 0.343 e. The second-order valence-electron chi connectivity index (χ2n) is 5.29. The second-order valence-corrected chi connectivity index (χ2v) is 6.60. The molecule has 0 bridgehead atoms. The van der Waals surface area contributed by atoms with Gasteiger partial charge in [-0.3, -0.25) is 9.36 Å². The monoisotopic (exact) mass is 350 g/mol. The molecule has 1 atom stereocenters. The number of methoxy groups -OCH3 is 1. The SMILES string of the molecule is CCCCn1c(S[C@@H](C)C(=O)Nc2ccc(OC)cc2)n[nH]c1=O. The van der Waals surface area contributed by atoms with Crippen LogP contribution in [0.1, 0.15) is 26.7 Å². The fourth-order valence-electron chi connectivity index (χ4n) is 2.04. The van der Waals surface area contributed by atoms with Gasteiger partial charge < -0.3 is 10.1 Å². The summed E-state index contributed by atoms with van der Waals surface area (Å²) in [5, 5.41) is 9.45. The number of carbonyl (C=O) groups is 1. The Morgan fingerprint density at radius 3 is 2.75 bits per heavy atom. The van der Waals surface area contributed by atoms with Crippen molar-refractivity contribution < 1.29 is 9.53 Å². The zero-order valence-corrected chi connectivity index (χ0v) is 14.9. The summed E-state index contributed by atoms with van der Waals surface area (Å²) in [7, 11) is 1.59. The first-order chi connectivity index (χ1) is 11.5. The van der Waals surface area contributed by atoms with E-state index < -0.39 is 0 Å². The molecular formula is C16H22N4O3S. The molecule has 1 heterocycles. The molecule has 1 aromatic heterocycles. The van der Waals surface area contributed by atoms with E-state index in [9.17, 15) is 9.59 Å². The van der Waals surface area contributed by atoms with Crippen molar-refractivity contribution >= 4 is 23.4 Å². The molecule has 130 valence electrons. The zero-order chi connectivity index (χ0) is 17.5. The Balaban J connectivity index is 1.99. The van der Waals surface area contributed by atoms with E-state index in [1.165, 1.54) is 11.8 Å². The predicted octanol–water partition coefficient (Wildman–Crippen LogP) is 2.50. The Kier molecular flexibility index (Phi) is 6.48. The van der Waals surface area contributed by atoms with Crippen LogP contribution in [0.15, 0.2) is 34.2 Å². The van der Waals surface area contributed by atoms with Crippen LogP contribution in [0.5, 0.6) is 5.75 Å². The molecule has 0 aliphatic carbocycles. The van der Waals surface area contributed by atoms with E-state index in [0.717, 1.165) is 18.6 Å². The van der Waals surface area contributed by atoms with Gasteiger partial charge in [0, 0.05) is 12.2 Å². The quantitative estimate of drug-likeness (QED) is 0.714. The maximum absolute atomic E-state index is 12.3. The van der Waals surface area contributed by atoms with Gasteiger partial charge in [0.1, 0.15) is 5.75 Å². The van der Waals surface area contributed by atoms with Crippen LogP contribution in [0.2, 0.25) is 0 Å². The molecule has 24 heavy (non-hydrogen) atoms. The number of anilines is 1. The van der Waals surface area contributed by atoms with E-state index in [-0.39, 0.29) is 16.8 Å². The van der Waals surface area contributed by atoms with Crippen molar-refractivity contribution in [2.75, 3.05) is 12.4 Å². The number of benzene rings is 1. The minimum atomic E-state index is -0.386. The number of H-pyrrole nitrogens is 1. The molecule has 0 aliphatic rings. The summed E-state index contributed by atoms with van der Waals surface area (Å²) < 4.78 is 6.66. The third-order valence-electron chi connectivity index (χ3n) is 3.47. The Labute approximate surface area is 144 Å². The summed E-state index contributed by atoms with van der Waals surface area (Å²) in [6, 6.07) is 7.12. The molecular weight excluding hydrogens is 328 g/mol. The van der Waals surface area contributed by atoms with Gasteiger partial charge in [-0.15, -0.1) is 5.10 Å². The number of unbranched alkanes of at least 4 members (excludes halogenated alkanes) is 1. The number of nitrogens with zero attached hydrogens (tertiary/aromatic N) is 2. The fraction of sp³-hybridized carbons (Fsp3) is 0.438. The fourth-order valence-corrected chi connectivity index (χ4v) is 2.92. The maximum atomic E-state index is 12.3. The van der Waals surface area contributed by atoms with Gasteiger partial charge in [-0.25, -0.2) is 9.89 Å². The lowest BCUT2D eigenvalue weighted by molar-refractivity contribution is -0.115. The van der Waals surface area contributed by atoms with Crippen molar-refractivity contribution in [1.29, 1.82) is 0 Å². The molecule has 2 N–H and O–H groups in total. The summed E-state index contributed by atoms with van der Waals surface area (Å²) in [6.07, 6.45) is 1.87. The molecule has 0 aliphatic heterocycles. The van der Waals surface area contributed by atoms with Crippen LogP contribution in [0.25, 0.3) is 0 Å². The summed E-state index contributed by atoms with van der Waals surface area (Å²) in [5.41, 5.74) is 0.451. The van der Waals surface area contributed by atoms with Crippen molar-refractivity contribution in [2.24, 2.45) is 0 Å². The van der Waals surface area contributed by atoms with Crippen molar-refractivity contribution in [2.45, 2.75) is 43.6 Å². The molecule has 2 aromatic rings. The van der Waals surface area contributed by atoms with Crippen LogP contribution >= 0.6 is 11.8 Å². The average Bonchev–Trinajstić information content (AvgIpc) is 2.93. The first kappa shape index (κ1) is 18.1. The van der Waals surface area contributed by atoms with E-state index in [4.69, 9.17) is 4.74 Å². The number of carbonyl (C=O) groups excluding carboxylic acids is 1. The van der Waals surface area contributed by atoms with Crippen molar-refractivity contribution in [3.05, 3.63) is 34.7 Å². The van der Waals surface area contributed by atoms with Gasteiger partial charge in [0.25, 0.3) is 0 Å². The van der Waals surface area contributed by atoms with E-state index in [1.54, 1.807) is 42.9 Å². The van der Waals surface area contributed by atoms with Gasteiger partial charge >= 0.3 is 5.69 Å². The zero-order valence-electron chi connectivity index (χ0n) is 14.0. The Hall–Kier alpha value is -2.22. The van der Waals surface area contributed by atoms with E-state index in [2.05, 4.69) is 22.4 Å². The number of aromatic amines is 1. The lowest BCUT2D eigenvalue weighted by Crippen LogP contribution is -2.24. The summed E-state index contributed by atoms with van der Waals surface area (Å²) in [6.45, 7) is 4.44. The van der Waals surface area contributed by atoms with Gasteiger partial charge in [-0.1, -0.05) is 25.1 Å². The standard InChI is InChI=1S/C16H22N4O3S/c1-4-5-10-20-15(22)18-19-16(20)24-11(2)14(21)17-12-6-8-13(23-3)9-7-12/h6-9,11H,4-5,10H2,1-3H3,(H,17,21)(H,18,22)/t11-/m0/s1. The highest BCUT2D eigenvalue weighted by Crippen LogP contribution is 2.22. The Morgan fingerprint density at radius 2 is 2.12 bits per heavy atom. The highest BCUT2D eigenvalue weighted by atomic mass is 32.2. The first-order valence-electron chi connectivity index (χ1n) is 7.82. The molecule has 1 amide bonds. The van der Waals surface area contributed by atoms with Crippen LogP contribution in [0.3, 0.4) is 0 Å². The van der Waals surface area contributed by atoms with E-state index in [0.29, 0.717) is 17.4 Å². The lowest BCUT2D eigenvalue weighted by Gasteiger charge is -2.12. The lowest BCUT2D eigenvalue weighted by atomic mass is 10.3. The van der Waals surface area contributed by atoms with Crippen molar-refractivity contribution in [1.82, 2.24) is 14.8 Å². The van der Waals surface area contributed by atoms with Gasteiger partial charge in [0.2, 0.25) is 5.91 Å². The summed E-state index contributed by atoms with van der Waals surface area (Å²) in [5.74, 6) is 0.578. The summed E-state index contributed by atoms with van der Waals surface area (Å²) >= 11 is 1.26. The van der Waals surface area contributed by atoms with Gasteiger partial charge in [0.05, 0.1) is 12.4 Å². The molecule has 0 radical (unpaired) electrons. The topological polar surface area (TPSA) is 89.0 Å². The average molecular weight is 350 g/mol. The normalized spacial score (nSPS) is 12.0. The molecule has 0 saturated carbocycles. The predicted molar refractivity (Wildman–Crippen MR) is 94.7 cm³/mol. The van der Waals surface area contributed by atoms with Gasteiger partial charge in [-0.2, -0.15) is 0 Å². The number of nitrogens with one attached hydrogen (secondary N) is 2. The van der Waals surface area contributed by atoms with Crippen molar-refractivity contribution in [3.8, 4) is 5.75 Å². The third kappa shape index (κ3) is 4.64. The molecule has 7 nitrogen and oxygen atoms in total. The van der Waals surface area contributed by atoms with Crippen LogP contribution in [0, 0.1) is 0 Å². The molecule has 2 rings (SSSR count). The Morgan fingerprint density at radius 1 is 1.42 bits per heavy atom. The highest BCUT2D eigenvalue weighted by molar-refractivity contribution is 8.00. The van der Waals surface area contributed by atoms with Gasteiger partial charge in [0.15, 0.2) is 5.16 Å². The van der Waals surface area contributed by atoms with Crippen LogP contribution in [-0.2, 0) is 11.3 Å². The number of rotatable bonds is 8. The maximum Gasteiger partial charge on any atom is 0.343 e. The van der Waals surface area contributed by atoms with Crippen LogP contribution < -0.4 is 15.7 Å². The van der Waals surface area contributed by atoms with Gasteiger partial charge in [-0.05, 0) is 37.6 Å². The number of hydrogen-bond acceptors (Lipinski definition) is 5. The largest absolute Gasteiger partial charge is 0.497 e. The molecule has 0 unspecified atom stereocenters. The minimum Gasteiger partial charge on any atom is -0.497 e. The highest BCUT2D eigenvalue weighted by Gasteiger charge is 2.19. The minimum absolute atomic E-state index is 0.150. The number of aromatic nitrogens is 3. The second kappa shape index (κ2) is 8.58. The number of ether oxygens (including phenoxy) is 1. The molecule has 0 saturated heterocycles. The van der Waals surface area contributed by atoms with E-state index >= 15 is 0 Å². The van der Waals surface area contributed by atoms with Crippen molar-refractivity contribution in [3.63, 3.8) is 0 Å². The first-order valence-corrected chi connectivity index (χ1v) is 8.70. The number of thioether (sulfide) groups is 1. The molecule has 8 heteroatoms. The van der Waals surface area contributed by atoms with E-state index in [1.807, 2.05) is 0 Å². The number of amides is 1. The van der Waals surface area contributed by atoms with Crippen LogP contribution in [-0.4, -0.2) is 33.0 Å². The third-order valence-corrected chi connectivity index (χ3v) is 4.56. The number of hydrogen-bond donors (Lipinski definition) is 2. The summed E-state index contributed by atoms with van der Waals surface area (Å²) in [4.78, 5) is 24.1. The molecule has 0 spiro atoms. The molecule has 0 fully saturated rings.